The highest BCUT2D eigenvalue weighted by atomic mass is 16.3. The predicted octanol–water partition coefficient (Wildman–Crippen LogP) is 1.39. The van der Waals surface area contributed by atoms with Crippen LogP contribution in [0, 0.1) is 0 Å². The van der Waals surface area contributed by atoms with Gasteiger partial charge in [-0.2, -0.15) is 0 Å². The Kier molecular flexibility index (Phi) is 3.40. The molecule has 92 valence electrons. The Morgan fingerprint density at radius 1 is 1.47 bits per heavy atom. The molecule has 0 aliphatic rings. The SMILES string of the molecule is CC(C)n1c(C(O)CCN)nc2cnccc21. The second kappa shape index (κ2) is 4.81. The van der Waals surface area contributed by atoms with Crippen molar-refractivity contribution in [2.24, 2.45) is 5.73 Å². The van der Waals surface area contributed by atoms with Crippen LogP contribution in [0.3, 0.4) is 0 Å². The molecule has 0 amide bonds. The van der Waals surface area contributed by atoms with Crippen molar-refractivity contribution in [2.75, 3.05) is 6.54 Å². The Morgan fingerprint density at radius 2 is 2.24 bits per heavy atom. The van der Waals surface area contributed by atoms with Crippen molar-refractivity contribution < 1.29 is 5.11 Å². The molecule has 3 N–H and O–H groups in total. The topological polar surface area (TPSA) is 77.0 Å². The number of hydrogen-bond acceptors (Lipinski definition) is 4. The lowest BCUT2D eigenvalue weighted by molar-refractivity contribution is 0.155. The summed E-state index contributed by atoms with van der Waals surface area (Å²) >= 11 is 0. The molecule has 0 saturated carbocycles. The van der Waals surface area contributed by atoms with Crippen LogP contribution in [0.25, 0.3) is 11.0 Å². The van der Waals surface area contributed by atoms with Crippen LogP contribution in [0.5, 0.6) is 0 Å². The van der Waals surface area contributed by atoms with E-state index in [1.807, 2.05) is 10.6 Å². The third-order valence-electron chi connectivity index (χ3n) is 2.77. The minimum absolute atomic E-state index is 0.241. The van der Waals surface area contributed by atoms with Crippen LogP contribution in [-0.2, 0) is 0 Å². The molecule has 1 unspecified atom stereocenters. The molecule has 0 aliphatic carbocycles. The number of nitrogens with two attached hydrogens (primary N) is 1. The van der Waals surface area contributed by atoms with Crippen molar-refractivity contribution in [3.63, 3.8) is 0 Å². The number of aliphatic hydroxyl groups excluding tert-OH is 1. The Labute approximate surface area is 100 Å². The summed E-state index contributed by atoms with van der Waals surface area (Å²) in [6.07, 6.45) is 3.35. The van der Waals surface area contributed by atoms with E-state index in [1.54, 1.807) is 12.4 Å². The fourth-order valence-electron chi connectivity index (χ4n) is 2.03. The van der Waals surface area contributed by atoms with Gasteiger partial charge >= 0.3 is 0 Å². The van der Waals surface area contributed by atoms with E-state index in [0.29, 0.717) is 18.8 Å². The van der Waals surface area contributed by atoms with Crippen LogP contribution in [0.2, 0.25) is 0 Å². The van der Waals surface area contributed by atoms with Crippen molar-refractivity contribution in [2.45, 2.75) is 32.4 Å². The minimum atomic E-state index is -0.616. The minimum Gasteiger partial charge on any atom is -0.385 e. The molecule has 2 aromatic rings. The molecule has 5 heteroatoms. The quantitative estimate of drug-likeness (QED) is 0.838. The number of aliphatic hydroxyl groups is 1. The molecule has 0 aliphatic heterocycles. The highest BCUT2D eigenvalue weighted by Gasteiger charge is 2.19. The van der Waals surface area contributed by atoms with Crippen LogP contribution in [0.4, 0.5) is 0 Å². The number of imidazole rings is 1. The number of pyridine rings is 1. The molecular formula is C12H18N4O. The summed E-state index contributed by atoms with van der Waals surface area (Å²) in [4.78, 5) is 8.50. The molecule has 0 spiro atoms. The van der Waals surface area contributed by atoms with Gasteiger partial charge < -0.3 is 15.4 Å². The van der Waals surface area contributed by atoms with Gasteiger partial charge in [-0.05, 0) is 32.9 Å². The maximum Gasteiger partial charge on any atom is 0.139 e. The molecule has 0 radical (unpaired) electrons. The Morgan fingerprint density at radius 3 is 2.88 bits per heavy atom. The lowest BCUT2D eigenvalue weighted by atomic mass is 10.2. The van der Waals surface area contributed by atoms with Gasteiger partial charge in [-0.1, -0.05) is 0 Å². The Hall–Kier alpha value is -1.46. The fraction of sp³-hybridized carbons (Fsp3) is 0.500. The standard InChI is InChI=1S/C12H18N4O/c1-8(2)16-10-4-6-14-7-9(10)15-12(16)11(17)3-5-13/h4,6-8,11,17H,3,5,13H2,1-2H3. The van der Waals surface area contributed by atoms with Gasteiger partial charge in [-0.15, -0.1) is 0 Å². The van der Waals surface area contributed by atoms with Crippen LogP contribution in [0.1, 0.15) is 38.2 Å². The molecule has 1 atom stereocenters. The number of fused-ring (bicyclic) bond motifs is 1. The van der Waals surface area contributed by atoms with E-state index in [2.05, 4.69) is 23.8 Å². The molecule has 0 saturated heterocycles. The fourth-order valence-corrected chi connectivity index (χ4v) is 2.03. The summed E-state index contributed by atoms with van der Waals surface area (Å²) < 4.78 is 2.04. The second-order valence-corrected chi connectivity index (χ2v) is 4.39. The van der Waals surface area contributed by atoms with E-state index >= 15 is 0 Å². The van der Waals surface area contributed by atoms with Gasteiger partial charge in [0.05, 0.1) is 11.7 Å². The Balaban J connectivity index is 2.57. The third-order valence-corrected chi connectivity index (χ3v) is 2.77. The van der Waals surface area contributed by atoms with Crippen LogP contribution in [-0.4, -0.2) is 26.2 Å². The largest absolute Gasteiger partial charge is 0.385 e. The van der Waals surface area contributed by atoms with Gasteiger partial charge in [0.2, 0.25) is 0 Å². The number of aromatic nitrogens is 3. The second-order valence-electron chi connectivity index (χ2n) is 4.39. The van der Waals surface area contributed by atoms with Crippen molar-refractivity contribution in [1.29, 1.82) is 0 Å². The van der Waals surface area contributed by atoms with Gasteiger partial charge in [0, 0.05) is 12.2 Å². The van der Waals surface area contributed by atoms with E-state index in [0.717, 1.165) is 11.0 Å². The summed E-state index contributed by atoms with van der Waals surface area (Å²) in [6, 6.07) is 2.16. The number of hydrogen-bond donors (Lipinski definition) is 2. The van der Waals surface area contributed by atoms with Gasteiger partial charge in [0.1, 0.15) is 17.4 Å². The number of rotatable bonds is 4. The lowest BCUT2D eigenvalue weighted by Gasteiger charge is -2.16. The van der Waals surface area contributed by atoms with Crippen molar-refractivity contribution >= 4 is 11.0 Å². The van der Waals surface area contributed by atoms with Crippen LogP contribution >= 0.6 is 0 Å². The van der Waals surface area contributed by atoms with Gasteiger partial charge in [-0.3, -0.25) is 4.98 Å². The normalized spacial score (nSPS) is 13.5. The van der Waals surface area contributed by atoms with Crippen LogP contribution in [0.15, 0.2) is 18.5 Å². The Bertz CT molecular complexity index is 506. The lowest BCUT2D eigenvalue weighted by Crippen LogP contribution is -2.14. The average molecular weight is 234 g/mol. The highest BCUT2D eigenvalue weighted by Crippen LogP contribution is 2.25. The molecule has 2 rings (SSSR count). The first-order chi connectivity index (χ1) is 8.15. The predicted molar refractivity (Wildman–Crippen MR) is 66.5 cm³/mol. The number of nitrogens with zero attached hydrogens (tertiary/aromatic N) is 3. The molecular weight excluding hydrogens is 216 g/mol. The smallest absolute Gasteiger partial charge is 0.139 e. The first-order valence-electron chi connectivity index (χ1n) is 5.85. The molecule has 17 heavy (non-hydrogen) atoms. The maximum atomic E-state index is 10.1. The zero-order chi connectivity index (χ0) is 12.4. The summed E-state index contributed by atoms with van der Waals surface area (Å²) in [5.41, 5.74) is 7.29. The van der Waals surface area contributed by atoms with Crippen molar-refractivity contribution in [3.8, 4) is 0 Å². The summed E-state index contributed by atoms with van der Waals surface area (Å²) in [7, 11) is 0. The van der Waals surface area contributed by atoms with E-state index in [-0.39, 0.29) is 6.04 Å². The molecule has 5 nitrogen and oxygen atoms in total. The summed E-state index contributed by atoms with van der Waals surface area (Å²) in [5.74, 6) is 0.674. The van der Waals surface area contributed by atoms with Gasteiger partial charge in [0.15, 0.2) is 0 Å². The third kappa shape index (κ3) is 2.16. The van der Waals surface area contributed by atoms with Crippen molar-refractivity contribution in [1.82, 2.24) is 14.5 Å². The van der Waals surface area contributed by atoms with E-state index < -0.39 is 6.10 Å². The molecule has 2 heterocycles. The van der Waals surface area contributed by atoms with Crippen LogP contribution < -0.4 is 5.73 Å². The first-order valence-corrected chi connectivity index (χ1v) is 5.85. The zero-order valence-electron chi connectivity index (χ0n) is 10.2. The van der Waals surface area contributed by atoms with Crippen molar-refractivity contribution in [3.05, 3.63) is 24.3 Å². The molecule has 0 bridgehead atoms. The average Bonchev–Trinajstić information content (AvgIpc) is 2.68. The van der Waals surface area contributed by atoms with Gasteiger partial charge in [-0.25, -0.2) is 4.98 Å². The van der Waals surface area contributed by atoms with Gasteiger partial charge in [0.25, 0.3) is 0 Å². The molecule has 0 fully saturated rings. The molecule has 2 aromatic heterocycles. The maximum absolute atomic E-state index is 10.1. The first kappa shape index (κ1) is 12.0. The molecule has 0 aromatic carbocycles. The monoisotopic (exact) mass is 234 g/mol. The summed E-state index contributed by atoms with van der Waals surface area (Å²) in [6.45, 7) is 4.58. The van der Waals surface area contributed by atoms with E-state index in [9.17, 15) is 5.11 Å². The van der Waals surface area contributed by atoms with E-state index in [4.69, 9.17) is 5.73 Å². The zero-order valence-corrected chi connectivity index (χ0v) is 10.2. The highest BCUT2D eigenvalue weighted by molar-refractivity contribution is 5.75. The summed E-state index contributed by atoms with van der Waals surface area (Å²) in [5, 5.41) is 10.1. The van der Waals surface area contributed by atoms with E-state index in [1.165, 1.54) is 0 Å².